The van der Waals surface area contributed by atoms with Crippen molar-refractivity contribution in [2.24, 2.45) is 0 Å². The zero-order valence-electron chi connectivity index (χ0n) is 11.1. The van der Waals surface area contributed by atoms with E-state index in [1.807, 2.05) is 6.92 Å². The summed E-state index contributed by atoms with van der Waals surface area (Å²) in [6.07, 6.45) is 6.77. The molecule has 90 valence electrons. The Morgan fingerprint density at radius 2 is 2.06 bits per heavy atom. The third kappa shape index (κ3) is 2.76. The minimum Gasteiger partial charge on any atom is -0.381 e. The molecule has 2 heteroatoms. The molecule has 1 N–H and O–H groups in total. The normalized spacial score (nSPS) is 20.7. The molecule has 0 aromatic rings. The zero-order chi connectivity index (χ0) is 12.4. The van der Waals surface area contributed by atoms with Crippen molar-refractivity contribution < 1.29 is 5.11 Å². The van der Waals surface area contributed by atoms with Crippen LogP contribution in [0.2, 0.25) is 19.6 Å². The van der Waals surface area contributed by atoms with Crippen molar-refractivity contribution in [3.63, 3.8) is 0 Å². The fourth-order valence-corrected chi connectivity index (χ4v) is 4.76. The summed E-state index contributed by atoms with van der Waals surface area (Å²) in [5, 5.41) is 11.8. The lowest BCUT2D eigenvalue weighted by atomic mass is 9.86. The van der Waals surface area contributed by atoms with E-state index in [2.05, 4.69) is 38.0 Å². The molecule has 1 aliphatic rings. The second kappa shape index (κ2) is 4.75. The molecule has 1 aliphatic carbocycles. The molecular weight excluding hydrogens is 212 g/mol. The van der Waals surface area contributed by atoms with Gasteiger partial charge in [-0.05, 0) is 43.4 Å². The summed E-state index contributed by atoms with van der Waals surface area (Å²) in [5.41, 5.74) is 3.38. The topological polar surface area (TPSA) is 20.2 Å². The Labute approximate surface area is 101 Å². The highest BCUT2D eigenvalue weighted by atomic mass is 28.3. The molecule has 0 heterocycles. The predicted molar refractivity (Wildman–Crippen MR) is 73.2 cm³/mol. The molecule has 0 aromatic heterocycles. The third-order valence-corrected chi connectivity index (χ3v) is 5.49. The zero-order valence-corrected chi connectivity index (χ0v) is 12.1. The van der Waals surface area contributed by atoms with Crippen molar-refractivity contribution in [3.8, 4) is 0 Å². The Morgan fingerprint density at radius 3 is 2.44 bits per heavy atom. The van der Waals surface area contributed by atoms with Crippen LogP contribution >= 0.6 is 0 Å². The van der Waals surface area contributed by atoms with E-state index < -0.39 is 13.7 Å². The summed E-state index contributed by atoms with van der Waals surface area (Å²) in [6.45, 7) is 12.4. The summed E-state index contributed by atoms with van der Waals surface area (Å²) in [4.78, 5) is 0. The van der Waals surface area contributed by atoms with Gasteiger partial charge in [-0.2, -0.15) is 0 Å². The quantitative estimate of drug-likeness (QED) is 0.448. The molecule has 0 aliphatic heterocycles. The molecular formula is C14H24OSi. The molecule has 0 saturated heterocycles. The molecule has 0 radical (unpaired) electrons. The molecule has 0 saturated carbocycles. The second-order valence-electron chi connectivity index (χ2n) is 5.85. The maximum absolute atomic E-state index is 10.8. The van der Waals surface area contributed by atoms with Gasteiger partial charge in [0.2, 0.25) is 0 Å². The first-order valence-corrected chi connectivity index (χ1v) is 9.63. The largest absolute Gasteiger partial charge is 0.381 e. The van der Waals surface area contributed by atoms with Gasteiger partial charge in [0.1, 0.15) is 5.60 Å². The van der Waals surface area contributed by atoms with Crippen LogP contribution in [-0.4, -0.2) is 18.8 Å². The van der Waals surface area contributed by atoms with Gasteiger partial charge in [0, 0.05) is 0 Å². The average molecular weight is 236 g/mol. The lowest BCUT2D eigenvalue weighted by Gasteiger charge is -2.36. The molecule has 0 unspecified atom stereocenters. The Morgan fingerprint density at radius 1 is 1.44 bits per heavy atom. The first-order chi connectivity index (χ1) is 7.30. The van der Waals surface area contributed by atoms with E-state index in [-0.39, 0.29) is 0 Å². The van der Waals surface area contributed by atoms with E-state index in [9.17, 15) is 5.11 Å². The third-order valence-electron chi connectivity index (χ3n) is 3.33. The SMILES string of the molecule is C=C=C([C@](C)(O)C1=CCCCC1)[Si](C)(C)C. The minimum absolute atomic E-state index is 0.813. The highest BCUT2D eigenvalue weighted by Gasteiger charge is 2.37. The van der Waals surface area contributed by atoms with E-state index in [0.717, 1.165) is 18.0 Å². The lowest BCUT2D eigenvalue weighted by molar-refractivity contribution is 0.138. The second-order valence-corrected chi connectivity index (χ2v) is 10.8. The lowest BCUT2D eigenvalue weighted by Crippen LogP contribution is -2.42. The van der Waals surface area contributed by atoms with Crippen molar-refractivity contribution in [1.29, 1.82) is 0 Å². The number of allylic oxidation sites excluding steroid dienone is 1. The smallest absolute Gasteiger partial charge is 0.107 e. The van der Waals surface area contributed by atoms with E-state index in [4.69, 9.17) is 0 Å². The Hall–Kier alpha value is -0.563. The summed E-state index contributed by atoms with van der Waals surface area (Å²) in [7, 11) is -1.55. The first kappa shape index (κ1) is 13.5. The van der Waals surface area contributed by atoms with Gasteiger partial charge >= 0.3 is 0 Å². The fraction of sp³-hybridized carbons (Fsp3) is 0.643. The number of hydrogen-bond donors (Lipinski definition) is 1. The Bertz CT molecular complexity index is 338. The average Bonchev–Trinajstić information content (AvgIpc) is 2.17. The Kier molecular flexibility index (Phi) is 4.00. The summed E-state index contributed by atoms with van der Waals surface area (Å²) in [6, 6.07) is 0. The van der Waals surface area contributed by atoms with Gasteiger partial charge in [0.05, 0.1) is 8.07 Å². The van der Waals surface area contributed by atoms with Crippen molar-refractivity contribution in [1.82, 2.24) is 0 Å². The van der Waals surface area contributed by atoms with Crippen molar-refractivity contribution in [2.45, 2.75) is 57.8 Å². The maximum Gasteiger partial charge on any atom is 0.107 e. The highest BCUT2D eigenvalue weighted by molar-refractivity contribution is 6.83. The van der Waals surface area contributed by atoms with Gasteiger partial charge in [-0.3, -0.25) is 0 Å². The molecule has 1 atom stereocenters. The van der Waals surface area contributed by atoms with E-state index in [1.54, 1.807) is 0 Å². The highest BCUT2D eigenvalue weighted by Crippen LogP contribution is 2.36. The summed E-state index contributed by atoms with van der Waals surface area (Å²) in [5.74, 6) is 0. The van der Waals surface area contributed by atoms with Gasteiger partial charge in [-0.15, -0.1) is 5.73 Å². The van der Waals surface area contributed by atoms with Crippen molar-refractivity contribution >= 4 is 8.07 Å². The molecule has 1 rings (SSSR count). The van der Waals surface area contributed by atoms with Gasteiger partial charge in [0.25, 0.3) is 0 Å². The molecule has 0 fully saturated rings. The van der Waals surface area contributed by atoms with Gasteiger partial charge in [0.15, 0.2) is 0 Å². The molecule has 0 amide bonds. The van der Waals surface area contributed by atoms with Crippen LogP contribution in [0.25, 0.3) is 0 Å². The fourth-order valence-electron chi connectivity index (χ4n) is 2.61. The van der Waals surface area contributed by atoms with Crippen LogP contribution in [0.15, 0.2) is 29.2 Å². The monoisotopic (exact) mass is 236 g/mol. The molecule has 1 nitrogen and oxygen atoms in total. The van der Waals surface area contributed by atoms with Crippen LogP contribution < -0.4 is 0 Å². The van der Waals surface area contributed by atoms with Crippen LogP contribution in [0, 0.1) is 0 Å². The number of rotatable bonds is 3. The summed E-state index contributed by atoms with van der Waals surface area (Å²) >= 11 is 0. The molecule has 0 spiro atoms. The molecule has 0 aromatic carbocycles. The first-order valence-electron chi connectivity index (χ1n) is 6.13. The van der Waals surface area contributed by atoms with E-state index in [1.165, 1.54) is 18.4 Å². The van der Waals surface area contributed by atoms with Gasteiger partial charge in [-0.1, -0.05) is 32.3 Å². The molecule has 0 bridgehead atoms. The standard InChI is InChI=1S/C14H24OSi/c1-6-13(16(3,4)5)14(2,15)12-10-8-7-9-11-12/h10,15H,1,7-9,11H2,2-5H3/t14-/m1/s1. The maximum atomic E-state index is 10.8. The van der Waals surface area contributed by atoms with Crippen LogP contribution in [0.5, 0.6) is 0 Å². The van der Waals surface area contributed by atoms with Crippen LogP contribution in [0.3, 0.4) is 0 Å². The van der Waals surface area contributed by atoms with E-state index in [0.29, 0.717) is 0 Å². The number of aliphatic hydroxyl groups is 1. The predicted octanol–water partition coefficient (Wildman–Crippen LogP) is 3.83. The van der Waals surface area contributed by atoms with Gasteiger partial charge < -0.3 is 5.11 Å². The Balaban J connectivity index is 3.09. The number of hydrogen-bond acceptors (Lipinski definition) is 1. The summed E-state index contributed by atoms with van der Waals surface area (Å²) < 4.78 is 0. The van der Waals surface area contributed by atoms with Gasteiger partial charge in [-0.25, -0.2) is 0 Å². The van der Waals surface area contributed by atoms with Crippen LogP contribution in [0.1, 0.15) is 32.6 Å². The molecule has 16 heavy (non-hydrogen) atoms. The van der Waals surface area contributed by atoms with Crippen LogP contribution in [-0.2, 0) is 0 Å². The van der Waals surface area contributed by atoms with Crippen LogP contribution in [0.4, 0.5) is 0 Å². The minimum atomic E-state index is -1.55. The van der Waals surface area contributed by atoms with Crippen molar-refractivity contribution in [2.75, 3.05) is 0 Å². The van der Waals surface area contributed by atoms with E-state index >= 15 is 0 Å². The van der Waals surface area contributed by atoms with Crippen molar-refractivity contribution in [3.05, 3.63) is 29.2 Å².